The highest BCUT2D eigenvalue weighted by molar-refractivity contribution is 5.21. The summed E-state index contributed by atoms with van der Waals surface area (Å²) in [6, 6.07) is 11.1. The number of nitrogens with zero attached hydrogens (tertiary/aromatic N) is 1. The van der Waals surface area contributed by atoms with Crippen molar-refractivity contribution in [3.8, 4) is 0 Å². The molecule has 0 heterocycles. The molecule has 0 bridgehead atoms. The molecule has 1 nitrogen and oxygen atoms in total. The zero-order valence-corrected chi connectivity index (χ0v) is 19.0. The molecule has 1 rings (SSSR count). The van der Waals surface area contributed by atoms with Crippen LogP contribution in [0.25, 0.3) is 0 Å². The van der Waals surface area contributed by atoms with Crippen molar-refractivity contribution in [2.75, 3.05) is 21.1 Å². The first-order valence-corrected chi connectivity index (χ1v) is 10.8. The summed E-state index contributed by atoms with van der Waals surface area (Å²) < 4.78 is 0.995. The fourth-order valence-corrected chi connectivity index (χ4v) is 3.80. The van der Waals surface area contributed by atoms with E-state index in [0.29, 0.717) is 0 Å². The molecule has 0 saturated carbocycles. The van der Waals surface area contributed by atoms with E-state index in [4.69, 9.17) is 0 Å². The maximum atomic E-state index is 2.44. The second kappa shape index (κ2) is 13.6. The van der Waals surface area contributed by atoms with E-state index in [1.54, 1.807) is 0 Å². The average molecular weight is 382 g/mol. The van der Waals surface area contributed by atoms with E-state index in [1.807, 2.05) is 0 Å². The lowest BCUT2D eigenvalue weighted by Crippen LogP contribution is -3.00. The zero-order valence-electron chi connectivity index (χ0n) is 18.2. The first kappa shape index (κ1) is 25.5. The first-order chi connectivity index (χ1) is 11.9. The molecule has 1 aromatic rings. The Morgan fingerprint density at radius 1 is 0.692 bits per heavy atom. The fraction of sp³-hybridized carbons (Fsp3) is 0.750. The molecule has 0 saturated heterocycles. The molecule has 2 heteroatoms. The minimum absolute atomic E-state index is 0. The molecular formula is C24H44ClN. The van der Waals surface area contributed by atoms with E-state index in [1.165, 1.54) is 82.6 Å². The van der Waals surface area contributed by atoms with E-state index >= 15 is 0 Å². The lowest BCUT2D eigenvalue weighted by molar-refractivity contribution is -0.930. The molecule has 26 heavy (non-hydrogen) atoms. The average Bonchev–Trinajstić information content (AvgIpc) is 2.59. The van der Waals surface area contributed by atoms with Crippen LogP contribution >= 0.6 is 0 Å². The Kier molecular flexibility index (Phi) is 13.3. The van der Waals surface area contributed by atoms with Crippen molar-refractivity contribution in [3.05, 3.63) is 35.9 Å². The Hall–Kier alpha value is -0.530. The Bertz CT molecular complexity index is 437. The van der Waals surface area contributed by atoms with Crippen molar-refractivity contribution >= 4 is 0 Å². The Morgan fingerprint density at radius 2 is 1.12 bits per heavy atom. The van der Waals surface area contributed by atoms with Gasteiger partial charge in [-0.2, -0.15) is 0 Å². The van der Waals surface area contributed by atoms with E-state index in [-0.39, 0.29) is 17.9 Å². The van der Waals surface area contributed by atoms with Crippen LogP contribution in [0.4, 0.5) is 0 Å². The van der Waals surface area contributed by atoms with Crippen LogP contribution in [0.1, 0.15) is 96.5 Å². The number of benzene rings is 1. The van der Waals surface area contributed by atoms with Gasteiger partial charge in [-0.1, -0.05) is 101 Å². The van der Waals surface area contributed by atoms with E-state index in [9.17, 15) is 0 Å². The summed E-state index contributed by atoms with van der Waals surface area (Å²) in [5.74, 6) is 0. The Balaban J connectivity index is 0.00000625. The van der Waals surface area contributed by atoms with Gasteiger partial charge in [-0.3, -0.25) is 0 Å². The van der Waals surface area contributed by atoms with Gasteiger partial charge in [0.05, 0.1) is 21.1 Å². The lowest BCUT2D eigenvalue weighted by atomic mass is 9.83. The summed E-state index contributed by atoms with van der Waals surface area (Å²) in [6.07, 6.45) is 16.9. The van der Waals surface area contributed by atoms with E-state index in [2.05, 4.69) is 65.3 Å². The largest absolute Gasteiger partial charge is 1.00 e. The fourth-order valence-electron chi connectivity index (χ4n) is 3.80. The van der Waals surface area contributed by atoms with Gasteiger partial charge in [-0.15, -0.1) is 0 Å². The van der Waals surface area contributed by atoms with Gasteiger partial charge in [-0.05, 0) is 13.3 Å². The minimum Gasteiger partial charge on any atom is -1.00 e. The Morgan fingerprint density at radius 3 is 1.54 bits per heavy atom. The standard InChI is InChI=1S/C24H44N.ClH/c1-6-7-8-9-10-11-12-13-14-15-19-22-24(2,25(3,4)5)23-20-17-16-18-21-23;/h16-18,20-21H,6-15,19,22H2,1-5H3;1H/q+1;/p-1. The van der Waals surface area contributed by atoms with Crippen LogP contribution in [0.3, 0.4) is 0 Å². The second-order valence-corrected chi connectivity index (χ2v) is 8.94. The number of rotatable bonds is 14. The smallest absolute Gasteiger partial charge is 0.121 e. The topological polar surface area (TPSA) is 0 Å². The number of hydrogen-bond acceptors (Lipinski definition) is 0. The molecular weight excluding hydrogens is 338 g/mol. The predicted molar refractivity (Wildman–Crippen MR) is 113 cm³/mol. The van der Waals surface area contributed by atoms with Gasteiger partial charge in [-0.25, -0.2) is 0 Å². The van der Waals surface area contributed by atoms with Gasteiger partial charge in [0.2, 0.25) is 0 Å². The molecule has 0 aromatic heterocycles. The molecule has 152 valence electrons. The SMILES string of the molecule is CCCCCCCCCCCCCC(C)(c1ccccc1)[N+](C)(C)C.[Cl-]. The van der Waals surface area contributed by atoms with Crippen LogP contribution in [0, 0.1) is 0 Å². The quantitative estimate of drug-likeness (QED) is 0.332. The minimum atomic E-state index is 0. The second-order valence-electron chi connectivity index (χ2n) is 8.94. The molecule has 1 atom stereocenters. The third-order valence-corrected chi connectivity index (χ3v) is 6.14. The molecule has 0 aliphatic carbocycles. The normalized spacial score (nSPS) is 13.9. The maximum absolute atomic E-state index is 2.44. The predicted octanol–water partition coefficient (Wildman–Crippen LogP) is 4.31. The van der Waals surface area contributed by atoms with Crippen LogP contribution in [0.2, 0.25) is 0 Å². The molecule has 0 fully saturated rings. The third-order valence-electron chi connectivity index (χ3n) is 6.14. The zero-order chi connectivity index (χ0) is 18.6. The van der Waals surface area contributed by atoms with Crippen molar-refractivity contribution in [1.82, 2.24) is 0 Å². The summed E-state index contributed by atoms with van der Waals surface area (Å²) in [7, 11) is 7.02. The number of hydrogen-bond donors (Lipinski definition) is 0. The van der Waals surface area contributed by atoms with Gasteiger partial charge in [0.25, 0.3) is 0 Å². The maximum Gasteiger partial charge on any atom is 0.121 e. The summed E-state index contributed by atoms with van der Waals surface area (Å²) in [5, 5.41) is 0. The molecule has 0 amide bonds. The van der Waals surface area contributed by atoms with Gasteiger partial charge in [0, 0.05) is 12.0 Å². The summed E-state index contributed by atoms with van der Waals surface area (Å²) in [5.41, 5.74) is 1.69. The van der Waals surface area contributed by atoms with Crippen LogP contribution in [0.5, 0.6) is 0 Å². The Labute approximate surface area is 170 Å². The highest BCUT2D eigenvalue weighted by atomic mass is 35.5. The van der Waals surface area contributed by atoms with Crippen LogP contribution in [-0.2, 0) is 5.54 Å². The van der Waals surface area contributed by atoms with Crippen LogP contribution < -0.4 is 12.4 Å². The lowest BCUT2D eigenvalue weighted by Gasteiger charge is -2.44. The van der Waals surface area contributed by atoms with E-state index < -0.39 is 0 Å². The first-order valence-electron chi connectivity index (χ1n) is 10.8. The van der Waals surface area contributed by atoms with Crippen molar-refractivity contribution < 1.29 is 16.9 Å². The molecule has 0 aliphatic rings. The summed E-state index contributed by atoms with van der Waals surface area (Å²) in [4.78, 5) is 0. The summed E-state index contributed by atoms with van der Waals surface area (Å²) >= 11 is 0. The number of quaternary nitrogens is 1. The molecule has 1 aromatic carbocycles. The van der Waals surface area contributed by atoms with E-state index in [0.717, 1.165) is 4.48 Å². The molecule has 0 spiro atoms. The highest BCUT2D eigenvalue weighted by Gasteiger charge is 2.38. The van der Waals surface area contributed by atoms with Gasteiger partial charge < -0.3 is 16.9 Å². The monoisotopic (exact) mass is 381 g/mol. The van der Waals surface area contributed by atoms with Crippen molar-refractivity contribution in [1.29, 1.82) is 0 Å². The van der Waals surface area contributed by atoms with Gasteiger partial charge in [0.15, 0.2) is 0 Å². The molecule has 0 radical (unpaired) electrons. The van der Waals surface area contributed by atoms with Crippen molar-refractivity contribution in [2.24, 2.45) is 0 Å². The van der Waals surface area contributed by atoms with Gasteiger partial charge >= 0.3 is 0 Å². The van der Waals surface area contributed by atoms with Crippen LogP contribution in [-0.4, -0.2) is 25.6 Å². The molecule has 0 aliphatic heterocycles. The van der Waals surface area contributed by atoms with Gasteiger partial charge in [0.1, 0.15) is 5.54 Å². The number of unbranched alkanes of at least 4 members (excludes halogenated alkanes) is 10. The molecule has 1 unspecified atom stereocenters. The third kappa shape index (κ3) is 8.91. The van der Waals surface area contributed by atoms with Crippen molar-refractivity contribution in [3.63, 3.8) is 0 Å². The highest BCUT2D eigenvalue weighted by Crippen LogP contribution is 2.36. The molecule has 0 N–H and O–H groups in total. The number of halogens is 1. The van der Waals surface area contributed by atoms with Crippen LogP contribution in [0.15, 0.2) is 30.3 Å². The summed E-state index contributed by atoms with van der Waals surface area (Å²) in [6.45, 7) is 4.74. The van der Waals surface area contributed by atoms with Crippen molar-refractivity contribution in [2.45, 2.75) is 96.4 Å².